The summed E-state index contributed by atoms with van der Waals surface area (Å²) in [6.45, 7) is 1.90. The van der Waals surface area contributed by atoms with Gasteiger partial charge in [-0.25, -0.2) is 4.98 Å². The third-order valence-electron chi connectivity index (χ3n) is 5.84. The van der Waals surface area contributed by atoms with E-state index in [1.807, 2.05) is 31.2 Å². The molecule has 7 nitrogen and oxygen atoms in total. The largest absolute Gasteiger partial charge is 0.481 e. The summed E-state index contributed by atoms with van der Waals surface area (Å²) in [7, 11) is 0. The highest BCUT2D eigenvalue weighted by Gasteiger charge is 2.35. The predicted molar refractivity (Wildman–Crippen MR) is 137 cm³/mol. The van der Waals surface area contributed by atoms with Crippen LogP contribution in [0.5, 0.6) is 0 Å². The number of hydrogen-bond acceptors (Lipinski definition) is 6. The van der Waals surface area contributed by atoms with E-state index >= 15 is 0 Å². The smallest absolute Gasteiger partial charge is 0.307 e. The molecule has 1 aliphatic rings. The third-order valence-corrected chi connectivity index (χ3v) is 8.41. The number of aromatic nitrogens is 1. The van der Waals surface area contributed by atoms with Gasteiger partial charge in [0.1, 0.15) is 0 Å². The number of thioether (sulfide) groups is 1. The van der Waals surface area contributed by atoms with Crippen LogP contribution in [0.3, 0.4) is 0 Å². The maximum atomic E-state index is 12.7. The number of hydrogen-bond donors (Lipinski definition) is 3. The zero-order valence-corrected chi connectivity index (χ0v) is 20.9. The van der Waals surface area contributed by atoms with Crippen molar-refractivity contribution in [1.82, 2.24) is 4.98 Å². The van der Waals surface area contributed by atoms with E-state index in [1.54, 1.807) is 12.1 Å². The molecule has 4 rings (SSSR count). The number of aryl methyl sites for hydroxylation is 1. The van der Waals surface area contributed by atoms with Gasteiger partial charge in [0.2, 0.25) is 11.8 Å². The summed E-state index contributed by atoms with van der Waals surface area (Å²) in [5.74, 6) is -2.26. The fourth-order valence-electron chi connectivity index (χ4n) is 4.01. The first kappa shape index (κ1) is 24.5. The molecule has 0 radical (unpaired) electrons. The fraction of sp³-hybridized carbons (Fsp3) is 0.333. The minimum Gasteiger partial charge on any atom is -0.481 e. The molecule has 1 saturated carbocycles. The van der Waals surface area contributed by atoms with E-state index in [-0.39, 0.29) is 17.6 Å². The Morgan fingerprint density at radius 3 is 2.53 bits per heavy atom. The molecule has 0 aliphatic heterocycles. The normalized spacial score (nSPS) is 17.9. The molecule has 34 heavy (non-hydrogen) atoms. The van der Waals surface area contributed by atoms with Crippen molar-refractivity contribution in [3.63, 3.8) is 0 Å². The summed E-state index contributed by atoms with van der Waals surface area (Å²) in [5.41, 5.74) is 2.98. The van der Waals surface area contributed by atoms with Crippen LogP contribution in [0.2, 0.25) is 5.02 Å². The number of carbonyl (C=O) groups excluding carboxylic acids is 2. The number of anilines is 2. The maximum Gasteiger partial charge on any atom is 0.307 e. The Balaban J connectivity index is 1.37. The number of thiazole rings is 1. The number of rotatable bonds is 7. The van der Waals surface area contributed by atoms with Gasteiger partial charge in [0.15, 0.2) is 4.34 Å². The molecule has 1 aromatic heterocycles. The number of fused-ring (bicyclic) bond motifs is 1. The first-order valence-corrected chi connectivity index (χ1v) is 13.1. The molecule has 178 valence electrons. The van der Waals surface area contributed by atoms with E-state index in [0.717, 1.165) is 33.0 Å². The Bertz CT molecular complexity index is 1250. The van der Waals surface area contributed by atoms with Crippen LogP contribution < -0.4 is 10.6 Å². The van der Waals surface area contributed by atoms with Crippen LogP contribution in [-0.2, 0) is 14.4 Å². The second kappa shape index (κ2) is 10.8. The van der Waals surface area contributed by atoms with Crippen molar-refractivity contribution in [3.05, 3.63) is 47.0 Å². The van der Waals surface area contributed by atoms with Crippen molar-refractivity contribution < 1.29 is 19.5 Å². The second-order valence-corrected chi connectivity index (χ2v) is 10.9. The molecule has 2 atom stereocenters. The van der Waals surface area contributed by atoms with Crippen molar-refractivity contribution >= 4 is 74.1 Å². The van der Waals surface area contributed by atoms with Crippen molar-refractivity contribution in [2.24, 2.45) is 11.8 Å². The van der Waals surface area contributed by atoms with E-state index in [9.17, 15) is 19.5 Å². The number of amides is 2. The average Bonchev–Trinajstić information content (AvgIpc) is 3.22. The van der Waals surface area contributed by atoms with Crippen LogP contribution in [-0.4, -0.2) is 33.6 Å². The standard InChI is InChI=1S/C24H24ClN3O4S2/c1-13-6-7-14(10-18(13)25)26-21(29)12-33-24-28-19-9-8-15(11-20(19)34-24)27-22(30)16-4-2-3-5-17(16)23(31)32/h6-11,16-17H,2-5,12H2,1H3,(H,26,29)(H,27,30)(H,31,32)/t16-,17-/m0/s1. The fourth-order valence-corrected chi connectivity index (χ4v) is 6.10. The van der Waals surface area contributed by atoms with E-state index in [1.165, 1.54) is 23.1 Å². The zero-order chi connectivity index (χ0) is 24.2. The number of carboxylic acids is 1. The number of halogens is 1. The summed E-state index contributed by atoms with van der Waals surface area (Å²) >= 11 is 8.88. The monoisotopic (exact) mass is 517 g/mol. The molecule has 2 aromatic carbocycles. The number of aliphatic carboxylic acids is 1. The lowest BCUT2D eigenvalue weighted by molar-refractivity contribution is -0.147. The van der Waals surface area contributed by atoms with E-state index < -0.39 is 17.8 Å². The van der Waals surface area contributed by atoms with Crippen LogP contribution in [0.25, 0.3) is 10.2 Å². The number of benzene rings is 2. The minimum atomic E-state index is -0.908. The van der Waals surface area contributed by atoms with Gasteiger partial charge in [-0.3, -0.25) is 14.4 Å². The van der Waals surface area contributed by atoms with Crippen LogP contribution in [0, 0.1) is 18.8 Å². The molecule has 0 unspecified atom stereocenters. The van der Waals surface area contributed by atoms with E-state index in [4.69, 9.17) is 11.6 Å². The SMILES string of the molecule is Cc1ccc(NC(=O)CSc2nc3ccc(NC(=O)[C@H]4CCCC[C@@H]4C(=O)O)cc3s2)cc1Cl. The summed E-state index contributed by atoms with van der Waals surface area (Å²) < 4.78 is 1.62. The molecule has 3 N–H and O–H groups in total. The molecule has 2 amide bonds. The van der Waals surface area contributed by atoms with Crippen molar-refractivity contribution in [2.45, 2.75) is 36.9 Å². The highest BCUT2D eigenvalue weighted by atomic mass is 35.5. The van der Waals surface area contributed by atoms with Gasteiger partial charge in [0.25, 0.3) is 0 Å². The minimum absolute atomic E-state index is 0.155. The highest BCUT2D eigenvalue weighted by molar-refractivity contribution is 8.01. The van der Waals surface area contributed by atoms with Gasteiger partial charge >= 0.3 is 5.97 Å². The topological polar surface area (TPSA) is 108 Å². The highest BCUT2D eigenvalue weighted by Crippen LogP contribution is 2.34. The van der Waals surface area contributed by atoms with Crippen molar-refractivity contribution in [3.8, 4) is 0 Å². The maximum absolute atomic E-state index is 12.7. The lowest BCUT2D eigenvalue weighted by Crippen LogP contribution is -2.36. The van der Waals surface area contributed by atoms with E-state index in [0.29, 0.717) is 29.2 Å². The Labute approximate surface area is 210 Å². The number of nitrogens with zero attached hydrogens (tertiary/aromatic N) is 1. The second-order valence-electron chi connectivity index (χ2n) is 8.29. The Kier molecular flexibility index (Phi) is 7.75. The van der Waals surface area contributed by atoms with Crippen molar-refractivity contribution in [1.29, 1.82) is 0 Å². The average molecular weight is 518 g/mol. The quantitative estimate of drug-likeness (QED) is 0.341. The predicted octanol–water partition coefficient (Wildman–Crippen LogP) is 5.82. The van der Waals surface area contributed by atoms with Gasteiger partial charge in [-0.15, -0.1) is 11.3 Å². The van der Waals surface area contributed by atoms with Gasteiger partial charge < -0.3 is 15.7 Å². The van der Waals surface area contributed by atoms with Crippen LogP contribution in [0.4, 0.5) is 11.4 Å². The molecule has 1 aliphatic carbocycles. The molecule has 1 heterocycles. The first-order valence-electron chi connectivity index (χ1n) is 10.9. The summed E-state index contributed by atoms with van der Waals surface area (Å²) in [5, 5.41) is 15.7. The number of carbonyl (C=O) groups is 3. The number of carboxylic acid groups (broad SMARTS) is 1. The molecule has 0 bridgehead atoms. The van der Waals surface area contributed by atoms with Crippen LogP contribution in [0.15, 0.2) is 40.7 Å². The summed E-state index contributed by atoms with van der Waals surface area (Å²) in [6.07, 6.45) is 2.82. The lowest BCUT2D eigenvalue weighted by Gasteiger charge is -2.27. The third kappa shape index (κ3) is 5.89. The molecule has 0 spiro atoms. The first-order chi connectivity index (χ1) is 16.3. The van der Waals surface area contributed by atoms with Crippen LogP contribution >= 0.6 is 34.7 Å². The van der Waals surface area contributed by atoms with Crippen LogP contribution in [0.1, 0.15) is 31.2 Å². The Morgan fingerprint density at radius 1 is 1.09 bits per heavy atom. The molecule has 10 heteroatoms. The summed E-state index contributed by atoms with van der Waals surface area (Å²) in [4.78, 5) is 41.1. The summed E-state index contributed by atoms with van der Waals surface area (Å²) in [6, 6.07) is 10.8. The molecule has 0 saturated heterocycles. The molecular weight excluding hydrogens is 494 g/mol. The Morgan fingerprint density at radius 2 is 1.79 bits per heavy atom. The van der Waals surface area contributed by atoms with Gasteiger partial charge in [0.05, 0.1) is 27.8 Å². The van der Waals surface area contributed by atoms with Crippen molar-refractivity contribution in [2.75, 3.05) is 16.4 Å². The molecular formula is C24H24ClN3O4S2. The van der Waals surface area contributed by atoms with Gasteiger partial charge in [0, 0.05) is 16.4 Å². The lowest BCUT2D eigenvalue weighted by atomic mass is 9.78. The molecule has 1 fully saturated rings. The van der Waals surface area contributed by atoms with Gasteiger partial charge in [-0.2, -0.15) is 0 Å². The van der Waals surface area contributed by atoms with Gasteiger partial charge in [-0.05, 0) is 55.7 Å². The molecule has 3 aromatic rings. The Hall–Kier alpha value is -2.62. The van der Waals surface area contributed by atoms with E-state index in [2.05, 4.69) is 15.6 Å². The zero-order valence-electron chi connectivity index (χ0n) is 18.5. The number of nitrogens with one attached hydrogen (secondary N) is 2. The van der Waals surface area contributed by atoms with Gasteiger partial charge in [-0.1, -0.05) is 42.3 Å².